The van der Waals surface area contributed by atoms with Gasteiger partial charge in [0.05, 0.1) is 0 Å². The van der Waals surface area contributed by atoms with Gasteiger partial charge in [-0.05, 0) is 49.2 Å². The lowest BCUT2D eigenvalue weighted by Gasteiger charge is -2.07. The number of nitrogens with one attached hydrogen (secondary N) is 2. The molecule has 0 saturated heterocycles. The highest BCUT2D eigenvalue weighted by Crippen LogP contribution is 2.21. The zero-order valence-corrected chi connectivity index (χ0v) is 13.7. The van der Waals surface area contributed by atoms with Crippen LogP contribution in [0.2, 0.25) is 0 Å². The Morgan fingerprint density at radius 3 is 3.00 bits per heavy atom. The first-order chi connectivity index (χ1) is 12.1. The molecule has 0 aromatic carbocycles. The van der Waals surface area contributed by atoms with Gasteiger partial charge in [0, 0.05) is 24.7 Å². The van der Waals surface area contributed by atoms with Gasteiger partial charge in [-0.25, -0.2) is 9.97 Å². The van der Waals surface area contributed by atoms with E-state index >= 15 is 0 Å². The molecule has 2 N–H and O–H groups in total. The molecule has 1 aliphatic heterocycles. The van der Waals surface area contributed by atoms with E-state index in [1.54, 1.807) is 18.3 Å². The maximum absolute atomic E-state index is 12.5. The van der Waals surface area contributed by atoms with Crippen LogP contribution >= 0.6 is 0 Å². The second kappa shape index (κ2) is 6.01. The molecule has 0 spiro atoms. The topological polar surface area (TPSA) is 88.9 Å². The number of rotatable bonds is 2. The van der Waals surface area contributed by atoms with E-state index in [1.165, 1.54) is 0 Å². The summed E-state index contributed by atoms with van der Waals surface area (Å²) in [6.07, 6.45) is 2.47. The summed E-state index contributed by atoms with van der Waals surface area (Å²) >= 11 is 0. The van der Waals surface area contributed by atoms with E-state index in [1.807, 2.05) is 29.7 Å². The third-order valence-corrected chi connectivity index (χ3v) is 4.21. The molecule has 2 amide bonds. The number of carbonyl (C=O) groups is 2. The first kappa shape index (κ1) is 15.3. The van der Waals surface area contributed by atoms with E-state index in [4.69, 9.17) is 0 Å². The van der Waals surface area contributed by atoms with Crippen LogP contribution in [0.25, 0.3) is 11.0 Å². The molecule has 4 heterocycles. The molecule has 0 atom stereocenters. The fourth-order valence-corrected chi connectivity index (χ4v) is 2.98. The van der Waals surface area contributed by atoms with Crippen LogP contribution in [-0.4, -0.2) is 32.9 Å². The summed E-state index contributed by atoms with van der Waals surface area (Å²) in [5.41, 5.74) is 2.54. The molecule has 25 heavy (non-hydrogen) atoms. The summed E-state index contributed by atoms with van der Waals surface area (Å²) in [7, 11) is 0. The minimum absolute atomic E-state index is 0.106. The van der Waals surface area contributed by atoms with Crippen LogP contribution in [-0.2, 0) is 6.54 Å². The molecule has 126 valence electrons. The van der Waals surface area contributed by atoms with Gasteiger partial charge in [0.25, 0.3) is 11.8 Å². The monoisotopic (exact) mass is 335 g/mol. The average Bonchev–Trinajstić information content (AvgIpc) is 2.86. The lowest BCUT2D eigenvalue weighted by molar-refractivity contribution is 0.0950. The minimum atomic E-state index is -0.325. The van der Waals surface area contributed by atoms with Crippen LogP contribution in [0.3, 0.4) is 0 Å². The summed E-state index contributed by atoms with van der Waals surface area (Å²) in [6, 6.07) is 8.94. The lowest BCUT2D eigenvalue weighted by atomic mass is 10.2. The molecular formula is C18H17N5O2. The SMILES string of the molecule is Cc1ccnc(NC(=O)c2ccc3cc4n(c3n2)CCCNC4=O)c1. The normalized spacial score (nSPS) is 13.9. The Labute approximate surface area is 144 Å². The smallest absolute Gasteiger partial charge is 0.275 e. The van der Waals surface area contributed by atoms with Gasteiger partial charge in [-0.2, -0.15) is 0 Å². The van der Waals surface area contributed by atoms with Gasteiger partial charge < -0.3 is 15.2 Å². The molecule has 7 nitrogen and oxygen atoms in total. The quantitative estimate of drug-likeness (QED) is 0.751. The maximum Gasteiger partial charge on any atom is 0.275 e. The molecule has 7 heteroatoms. The number of amides is 2. The van der Waals surface area contributed by atoms with Crippen molar-refractivity contribution in [3.8, 4) is 0 Å². The van der Waals surface area contributed by atoms with Gasteiger partial charge in [-0.15, -0.1) is 0 Å². The van der Waals surface area contributed by atoms with Gasteiger partial charge in [-0.3, -0.25) is 9.59 Å². The molecule has 0 unspecified atom stereocenters. The van der Waals surface area contributed by atoms with E-state index in [0.29, 0.717) is 35.9 Å². The molecule has 0 bridgehead atoms. The van der Waals surface area contributed by atoms with Gasteiger partial charge in [-0.1, -0.05) is 0 Å². The summed E-state index contributed by atoms with van der Waals surface area (Å²) in [4.78, 5) is 33.2. The molecule has 0 aliphatic carbocycles. The number of anilines is 1. The third kappa shape index (κ3) is 2.84. The van der Waals surface area contributed by atoms with Gasteiger partial charge >= 0.3 is 0 Å². The highest BCUT2D eigenvalue weighted by atomic mass is 16.2. The number of nitrogens with zero attached hydrogens (tertiary/aromatic N) is 3. The van der Waals surface area contributed by atoms with Crippen molar-refractivity contribution in [3.63, 3.8) is 0 Å². The number of hydrogen-bond donors (Lipinski definition) is 2. The Balaban J connectivity index is 1.70. The molecule has 3 aromatic heterocycles. The van der Waals surface area contributed by atoms with E-state index in [0.717, 1.165) is 17.4 Å². The summed E-state index contributed by atoms with van der Waals surface area (Å²) < 4.78 is 1.87. The predicted molar refractivity (Wildman–Crippen MR) is 93.6 cm³/mol. The van der Waals surface area contributed by atoms with Crippen LogP contribution in [0.15, 0.2) is 36.5 Å². The molecule has 0 radical (unpaired) electrons. The number of fused-ring (bicyclic) bond motifs is 3. The van der Waals surface area contributed by atoms with Crippen molar-refractivity contribution in [1.82, 2.24) is 19.9 Å². The zero-order chi connectivity index (χ0) is 17.4. The van der Waals surface area contributed by atoms with E-state index in [-0.39, 0.29) is 11.8 Å². The second-order valence-electron chi connectivity index (χ2n) is 6.07. The number of hydrogen-bond acceptors (Lipinski definition) is 4. The molecule has 3 aromatic rings. The van der Waals surface area contributed by atoms with Gasteiger partial charge in [0.15, 0.2) is 0 Å². The van der Waals surface area contributed by atoms with E-state index < -0.39 is 0 Å². The molecule has 0 saturated carbocycles. The van der Waals surface area contributed by atoms with E-state index in [2.05, 4.69) is 20.6 Å². The first-order valence-electron chi connectivity index (χ1n) is 8.14. The zero-order valence-electron chi connectivity index (χ0n) is 13.7. The van der Waals surface area contributed by atoms with Crippen LogP contribution in [0.4, 0.5) is 5.82 Å². The van der Waals surface area contributed by atoms with Crippen molar-refractivity contribution >= 4 is 28.7 Å². The number of aromatic nitrogens is 3. The maximum atomic E-state index is 12.5. The van der Waals surface area contributed by atoms with Crippen molar-refractivity contribution in [1.29, 1.82) is 0 Å². The van der Waals surface area contributed by atoms with Crippen LogP contribution in [0.5, 0.6) is 0 Å². The Hall–Kier alpha value is -3.22. The van der Waals surface area contributed by atoms with Crippen LogP contribution < -0.4 is 10.6 Å². The minimum Gasteiger partial charge on any atom is -0.351 e. The summed E-state index contributed by atoms with van der Waals surface area (Å²) in [5.74, 6) is 0.0550. The number of aryl methyl sites for hydroxylation is 2. The molecule has 4 rings (SSSR count). The fourth-order valence-electron chi connectivity index (χ4n) is 2.98. The highest BCUT2D eigenvalue weighted by molar-refractivity contribution is 6.04. The predicted octanol–water partition coefficient (Wildman–Crippen LogP) is 2.13. The van der Waals surface area contributed by atoms with Crippen molar-refractivity contribution in [2.75, 3.05) is 11.9 Å². The lowest BCUT2D eigenvalue weighted by Crippen LogP contribution is -2.22. The van der Waals surface area contributed by atoms with Gasteiger partial charge in [0.2, 0.25) is 0 Å². The van der Waals surface area contributed by atoms with Crippen molar-refractivity contribution in [2.45, 2.75) is 19.9 Å². The Bertz CT molecular complexity index is 992. The van der Waals surface area contributed by atoms with Crippen LogP contribution in [0.1, 0.15) is 33.0 Å². The van der Waals surface area contributed by atoms with Crippen molar-refractivity contribution < 1.29 is 9.59 Å². The summed E-state index contributed by atoms with van der Waals surface area (Å²) in [5, 5.41) is 6.46. The van der Waals surface area contributed by atoms with Crippen LogP contribution in [0, 0.1) is 6.92 Å². The Morgan fingerprint density at radius 1 is 1.28 bits per heavy atom. The molecule has 1 aliphatic rings. The van der Waals surface area contributed by atoms with E-state index in [9.17, 15) is 9.59 Å². The van der Waals surface area contributed by atoms with Crippen molar-refractivity contribution in [3.05, 3.63) is 53.5 Å². The van der Waals surface area contributed by atoms with Gasteiger partial charge in [0.1, 0.15) is 22.9 Å². The third-order valence-electron chi connectivity index (χ3n) is 4.21. The largest absolute Gasteiger partial charge is 0.351 e. The standard InChI is InChI=1S/C18H17N5O2/c1-11-5-7-19-15(9-11)22-17(24)13-4-3-12-10-14-18(25)20-6-2-8-23(14)16(12)21-13/h3-5,7,9-10H,2,6,8H2,1H3,(H,20,25)(H,19,22,24). The first-order valence-corrected chi connectivity index (χ1v) is 8.14. The Kier molecular flexibility index (Phi) is 3.68. The fraction of sp³-hybridized carbons (Fsp3) is 0.222. The second-order valence-corrected chi connectivity index (χ2v) is 6.07. The Morgan fingerprint density at radius 2 is 2.16 bits per heavy atom. The van der Waals surface area contributed by atoms with Crippen molar-refractivity contribution in [2.24, 2.45) is 0 Å². The molecule has 0 fully saturated rings. The summed E-state index contributed by atoms with van der Waals surface area (Å²) in [6.45, 7) is 3.26. The molecular weight excluding hydrogens is 318 g/mol. The highest BCUT2D eigenvalue weighted by Gasteiger charge is 2.20. The number of pyridine rings is 2. The number of carbonyl (C=O) groups excluding carboxylic acids is 2. The average molecular weight is 335 g/mol.